The van der Waals surface area contributed by atoms with Crippen LogP contribution in [0.5, 0.6) is 0 Å². The molecule has 2 aromatic carbocycles. The zero-order valence-corrected chi connectivity index (χ0v) is 19.2. The molecule has 9 heteroatoms. The highest BCUT2D eigenvalue weighted by Crippen LogP contribution is 2.36. The lowest BCUT2D eigenvalue weighted by molar-refractivity contribution is -0.111. The van der Waals surface area contributed by atoms with E-state index < -0.39 is 34.0 Å². The van der Waals surface area contributed by atoms with Gasteiger partial charge in [-0.3, -0.25) is 10.1 Å². The average Bonchev–Trinajstić information content (AvgIpc) is 3.51. The summed E-state index contributed by atoms with van der Waals surface area (Å²) in [5, 5.41) is 2.88. The Labute approximate surface area is 194 Å². The maximum absolute atomic E-state index is 13.8. The van der Waals surface area contributed by atoms with Gasteiger partial charge in [-0.2, -0.15) is 0 Å². The third kappa shape index (κ3) is 4.56. The summed E-state index contributed by atoms with van der Waals surface area (Å²) >= 11 is 1.33. The van der Waals surface area contributed by atoms with Crippen molar-refractivity contribution in [1.29, 1.82) is 0 Å². The number of sulfone groups is 1. The second-order valence-electron chi connectivity index (χ2n) is 8.55. The first-order chi connectivity index (χ1) is 15.8. The van der Waals surface area contributed by atoms with Crippen molar-refractivity contribution in [3.05, 3.63) is 60.2 Å². The predicted molar refractivity (Wildman–Crippen MR) is 125 cm³/mol. The van der Waals surface area contributed by atoms with E-state index in [1.807, 2.05) is 24.3 Å². The van der Waals surface area contributed by atoms with Gasteiger partial charge in [-0.25, -0.2) is 22.2 Å². The highest BCUT2D eigenvalue weighted by molar-refractivity contribution is 7.92. The van der Waals surface area contributed by atoms with Crippen molar-refractivity contribution in [3.63, 3.8) is 0 Å². The maximum Gasteiger partial charge on any atom is 0.257 e. The van der Waals surface area contributed by atoms with Crippen LogP contribution in [-0.4, -0.2) is 36.9 Å². The summed E-state index contributed by atoms with van der Waals surface area (Å²) in [6.07, 6.45) is -0.163. The molecule has 0 bridgehead atoms. The Morgan fingerprint density at radius 2 is 1.70 bits per heavy atom. The van der Waals surface area contributed by atoms with Gasteiger partial charge < -0.3 is 0 Å². The van der Waals surface area contributed by atoms with E-state index in [1.54, 1.807) is 18.2 Å². The van der Waals surface area contributed by atoms with Crippen molar-refractivity contribution in [2.75, 3.05) is 5.32 Å². The van der Waals surface area contributed by atoms with Crippen molar-refractivity contribution in [1.82, 2.24) is 4.98 Å². The zero-order chi connectivity index (χ0) is 23.2. The predicted octanol–water partition coefficient (Wildman–Crippen LogP) is 5.34. The number of allylic oxidation sites excluding steroid dienone is 1. The molecular formula is C24H22F2N2O3S2. The molecular weight excluding hydrogens is 466 g/mol. The smallest absolute Gasteiger partial charge is 0.257 e. The molecule has 1 aromatic heterocycles. The number of fused-ring (bicyclic) bond motifs is 1. The highest BCUT2D eigenvalue weighted by Gasteiger charge is 2.37. The van der Waals surface area contributed by atoms with Crippen molar-refractivity contribution >= 4 is 48.0 Å². The van der Waals surface area contributed by atoms with E-state index in [1.165, 1.54) is 23.5 Å². The maximum atomic E-state index is 13.8. The Hall–Kier alpha value is -2.65. The molecule has 0 saturated heterocycles. The fourth-order valence-electron chi connectivity index (χ4n) is 4.13. The van der Waals surface area contributed by atoms with Gasteiger partial charge in [0.15, 0.2) is 15.0 Å². The number of carbonyl (C=O) groups is 1. The number of hydrogen-bond donors (Lipinski definition) is 1. The van der Waals surface area contributed by atoms with Crippen LogP contribution >= 0.6 is 11.3 Å². The number of benzene rings is 2. The Balaban J connectivity index is 1.45. The van der Waals surface area contributed by atoms with Crippen LogP contribution in [0.2, 0.25) is 0 Å². The van der Waals surface area contributed by atoms with Crippen LogP contribution in [0.25, 0.3) is 15.8 Å². The summed E-state index contributed by atoms with van der Waals surface area (Å²) in [6, 6.07) is 13.6. The second-order valence-corrected chi connectivity index (χ2v) is 11.8. The fourth-order valence-corrected chi connectivity index (χ4v) is 6.65. The second kappa shape index (κ2) is 8.61. The van der Waals surface area contributed by atoms with Crippen LogP contribution in [0.3, 0.4) is 0 Å². The summed E-state index contributed by atoms with van der Waals surface area (Å²) in [5.74, 6) is -0.884. The summed E-state index contributed by atoms with van der Waals surface area (Å²) in [4.78, 5) is 17.9. The Kier molecular flexibility index (Phi) is 5.78. The summed E-state index contributed by atoms with van der Waals surface area (Å²) in [6.45, 7) is 0. The van der Waals surface area contributed by atoms with Crippen LogP contribution in [0.1, 0.15) is 31.2 Å². The topological polar surface area (TPSA) is 76.1 Å². The Morgan fingerprint density at radius 3 is 2.33 bits per heavy atom. The standard InChI is InChI=1S/C24H22F2N2O3S2/c25-19-12-14(13-20(19)26)11-18(15-5-7-16(8-6-15)33(30,31)17-9-10-17)23(29)28-24-27-21-3-1-2-4-22(21)32-24/h1-8,11,14,17,19-20H,9-10,12-13H2,(H,27,28,29)/b18-11+/t14?,19-,20+. The van der Waals surface area contributed by atoms with Crippen LogP contribution in [0.15, 0.2) is 59.5 Å². The number of halogens is 2. The molecule has 172 valence electrons. The first-order valence-corrected chi connectivity index (χ1v) is 13.2. The van der Waals surface area contributed by atoms with E-state index in [-0.39, 0.29) is 28.6 Å². The SMILES string of the molecule is O=C(Nc1nc2ccccc2s1)/C(=C/C1C[C@@H](F)[C@@H](F)C1)c1ccc(S(=O)(=O)C2CC2)cc1. The van der Waals surface area contributed by atoms with Gasteiger partial charge in [0.2, 0.25) is 0 Å². The molecule has 1 unspecified atom stereocenters. The molecule has 2 aliphatic rings. The number of carbonyl (C=O) groups excluding carboxylic acids is 1. The van der Waals surface area contributed by atoms with Crippen molar-refractivity contribution in [2.45, 2.75) is 48.2 Å². The van der Waals surface area contributed by atoms with E-state index in [4.69, 9.17) is 0 Å². The number of nitrogens with one attached hydrogen (secondary N) is 1. The van der Waals surface area contributed by atoms with E-state index in [2.05, 4.69) is 10.3 Å². The lowest BCUT2D eigenvalue weighted by Gasteiger charge is -2.12. The number of para-hydroxylation sites is 1. The molecule has 0 radical (unpaired) electrons. The molecule has 3 atom stereocenters. The summed E-state index contributed by atoms with van der Waals surface area (Å²) in [7, 11) is -3.36. The molecule has 1 N–H and O–H groups in total. The molecule has 5 rings (SSSR count). The minimum atomic E-state index is -3.36. The van der Waals surface area contributed by atoms with Crippen LogP contribution in [0.4, 0.5) is 13.9 Å². The molecule has 3 aromatic rings. The van der Waals surface area contributed by atoms with E-state index in [0.717, 1.165) is 10.2 Å². The van der Waals surface area contributed by atoms with Gasteiger partial charge in [-0.15, -0.1) is 0 Å². The Morgan fingerprint density at radius 1 is 1.03 bits per heavy atom. The molecule has 0 spiro atoms. The van der Waals surface area contributed by atoms with Gasteiger partial charge in [0, 0.05) is 5.57 Å². The van der Waals surface area contributed by atoms with E-state index in [0.29, 0.717) is 23.5 Å². The highest BCUT2D eigenvalue weighted by atomic mass is 32.2. The number of hydrogen-bond acceptors (Lipinski definition) is 5. The minimum Gasteiger partial charge on any atom is -0.298 e. The molecule has 1 heterocycles. The fraction of sp³-hybridized carbons (Fsp3) is 0.333. The monoisotopic (exact) mass is 488 g/mol. The first-order valence-electron chi connectivity index (χ1n) is 10.8. The number of thiazole rings is 1. The molecule has 0 aliphatic heterocycles. The zero-order valence-electron chi connectivity index (χ0n) is 17.6. The van der Waals surface area contributed by atoms with Crippen LogP contribution in [-0.2, 0) is 14.6 Å². The van der Waals surface area contributed by atoms with Gasteiger partial charge >= 0.3 is 0 Å². The van der Waals surface area contributed by atoms with Crippen molar-refractivity contribution in [2.24, 2.45) is 5.92 Å². The number of anilines is 1. The molecule has 2 saturated carbocycles. The van der Waals surface area contributed by atoms with Gasteiger partial charge in [0.1, 0.15) is 12.3 Å². The van der Waals surface area contributed by atoms with E-state index in [9.17, 15) is 22.0 Å². The minimum absolute atomic E-state index is 0.00717. The molecule has 5 nitrogen and oxygen atoms in total. The average molecular weight is 489 g/mol. The number of rotatable bonds is 6. The number of amides is 1. The van der Waals surface area contributed by atoms with Gasteiger partial charge in [0.05, 0.1) is 20.4 Å². The summed E-state index contributed by atoms with van der Waals surface area (Å²) < 4.78 is 53.5. The third-order valence-corrected chi connectivity index (χ3v) is 9.30. The summed E-state index contributed by atoms with van der Waals surface area (Å²) in [5.41, 5.74) is 1.49. The number of alkyl halides is 2. The van der Waals surface area contributed by atoms with Crippen molar-refractivity contribution in [3.8, 4) is 0 Å². The number of aromatic nitrogens is 1. The molecule has 2 fully saturated rings. The Bertz CT molecular complexity index is 1290. The normalized spacial score (nSPS) is 23.7. The van der Waals surface area contributed by atoms with Gasteiger partial charge in [0.25, 0.3) is 5.91 Å². The van der Waals surface area contributed by atoms with Crippen molar-refractivity contribution < 1.29 is 22.0 Å². The largest absolute Gasteiger partial charge is 0.298 e. The van der Waals surface area contributed by atoms with Gasteiger partial charge in [-0.1, -0.05) is 41.7 Å². The van der Waals surface area contributed by atoms with E-state index >= 15 is 0 Å². The number of nitrogens with zero attached hydrogens (tertiary/aromatic N) is 1. The molecule has 2 aliphatic carbocycles. The third-order valence-electron chi connectivity index (χ3n) is 6.07. The van der Waals surface area contributed by atoms with Crippen LogP contribution in [0, 0.1) is 5.92 Å². The lowest BCUT2D eigenvalue weighted by Crippen LogP contribution is -2.15. The molecule has 1 amide bonds. The van der Waals surface area contributed by atoms with Crippen LogP contribution < -0.4 is 5.32 Å². The quantitative estimate of drug-likeness (QED) is 0.475. The lowest BCUT2D eigenvalue weighted by atomic mass is 9.98. The molecule has 33 heavy (non-hydrogen) atoms. The van der Waals surface area contributed by atoms with Gasteiger partial charge in [-0.05, 0) is 61.4 Å². The first kappa shape index (κ1) is 22.2.